The lowest BCUT2D eigenvalue weighted by Gasteiger charge is -2.25. The van der Waals surface area contributed by atoms with E-state index in [0.717, 1.165) is 22.6 Å². The fraction of sp³-hybridized carbons (Fsp3) is 0.361. The zero-order valence-electron chi connectivity index (χ0n) is 29.9. The lowest BCUT2D eigenvalue weighted by atomic mass is 10.1. The molecule has 1 N–H and O–H groups in total. The van der Waals surface area contributed by atoms with Gasteiger partial charge in [-0.2, -0.15) is 13.1 Å². The number of halogens is 4. The van der Waals surface area contributed by atoms with Crippen LogP contribution in [0.15, 0.2) is 72.0 Å². The molecule has 0 unspecified atom stereocenters. The molecule has 290 valence electrons. The third-order valence-electron chi connectivity index (χ3n) is 8.61. The van der Waals surface area contributed by atoms with E-state index >= 15 is 0 Å². The summed E-state index contributed by atoms with van der Waals surface area (Å²) >= 11 is 0. The molecule has 0 radical (unpaired) electrons. The Morgan fingerprint density at radius 1 is 0.852 bits per heavy atom. The Bertz CT molecular complexity index is 2000. The van der Waals surface area contributed by atoms with Gasteiger partial charge < -0.3 is 33.9 Å². The highest BCUT2D eigenvalue weighted by atomic mass is 32.2. The maximum atomic E-state index is 14.4. The summed E-state index contributed by atoms with van der Waals surface area (Å²) in [6, 6.07) is 13.4. The summed E-state index contributed by atoms with van der Waals surface area (Å²) in [7, 11) is 1.39. The van der Waals surface area contributed by atoms with Crippen molar-refractivity contribution in [3.63, 3.8) is 0 Å². The summed E-state index contributed by atoms with van der Waals surface area (Å²) in [6.07, 6.45) is 1.38. The number of methoxy groups -OCH3 is 4. The number of sulfonamides is 1. The van der Waals surface area contributed by atoms with Crippen molar-refractivity contribution in [3.8, 4) is 28.7 Å². The molecule has 1 saturated heterocycles. The molecule has 3 heterocycles. The number of ether oxygens (including phenoxy) is 5. The van der Waals surface area contributed by atoms with Crippen LogP contribution in [-0.4, -0.2) is 82.7 Å². The summed E-state index contributed by atoms with van der Waals surface area (Å²) in [5, 5.41) is 2.13. The maximum absolute atomic E-state index is 14.4. The van der Waals surface area contributed by atoms with Gasteiger partial charge in [0.2, 0.25) is 5.92 Å². The molecule has 5 rings (SSSR count). The first-order chi connectivity index (χ1) is 25.8. The molecule has 0 saturated carbocycles. The van der Waals surface area contributed by atoms with Gasteiger partial charge in [-0.15, -0.1) is 0 Å². The number of anilines is 2. The average Bonchev–Trinajstić information content (AvgIpc) is 3.34. The molecule has 0 spiro atoms. The number of carbonyl (C=O) groups excluding carboxylic acids is 1. The molecule has 18 heteroatoms. The number of alkyl halides is 4. The van der Waals surface area contributed by atoms with E-state index in [1.807, 2.05) is 0 Å². The molecule has 0 atom stereocenters. The number of benzene rings is 2. The van der Waals surface area contributed by atoms with Gasteiger partial charge in [-0.1, -0.05) is 12.1 Å². The summed E-state index contributed by atoms with van der Waals surface area (Å²) in [5.74, 6) is -2.56. The van der Waals surface area contributed by atoms with Crippen LogP contribution in [0.5, 0.6) is 28.7 Å². The number of nitrogens with zero attached hydrogens (tertiary/aromatic N) is 4. The number of rotatable bonds is 15. The molecule has 0 bridgehead atoms. The van der Waals surface area contributed by atoms with Crippen LogP contribution in [0.1, 0.15) is 40.7 Å². The Morgan fingerprint density at radius 2 is 1.48 bits per heavy atom. The van der Waals surface area contributed by atoms with Crippen LogP contribution in [0.4, 0.5) is 29.1 Å². The molecule has 2 aromatic carbocycles. The van der Waals surface area contributed by atoms with Gasteiger partial charge in [-0.05, 0) is 30.7 Å². The quantitative estimate of drug-likeness (QED) is 0.135. The second-order valence-corrected chi connectivity index (χ2v) is 14.0. The smallest absolute Gasteiger partial charge is 0.387 e. The lowest BCUT2D eigenvalue weighted by molar-refractivity contribution is -0.0501. The van der Waals surface area contributed by atoms with Crippen molar-refractivity contribution in [2.45, 2.75) is 49.9 Å². The topological polar surface area (TPSA) is 142 Å². The van der Waals surface area contributed by atoms with Gasteiger partial charge in [0.15, 0.2) is 5.03 Å². The summed E-state index contributed by atoms with van der Waals surface area (Å²) in [4.78, 5) is 23.5. The number of pyridine rings is 2. The van der Waals surface area contributed by atoms with Gasteiger partial charge in [0.25, 0.3) is 15.9 Å². The maximum Gasteiger partial charge on any atom is 0.387 e. The van der Waals surface area contributed by atoms with E-state index in [4.69, 9.17) is 18.9 Å². The van der Waals surface area contributed by atoms with Crippen molar-refractivity contribution in [2.75, 3.05) is 51.7 Å². The van der Waals surface area contributed by atoms with Gasteiger partial charge in [0.1, 0.15) is 34.6 Å². The molecule has 2 aromatic heterocycles. The van der Waals surface area contributed by atoms with Gasteiger partial charge in [-0.25, -0.2) is 27.2 Å². The minimum Gasteiger partial charge on any atom is -0.497 e. The average molecular weight is 778 g/mol. The van der Waals surface area contributed by atoms with E-state index in [0.29, 0.717) is 34.1 Å². The van der Waals surface area contributed by atoms with E-state index < -0.39 is 45.7 Å². The Morgan fingerprint density at radius 3 is 2.06 bits per heavy atom. The largest absolute Gasteiger partial charge is 0.497 e. The van der Waals surface area contributed by atoms with Crippen molar-refractivity contribution >= 4 is 27.4 Å². The van der Waals surface area contributed by atoms with Crippen LogP contribution in [0.3, 0.4) is 0 Å². The number of aromatic nitrogens is 2. The van der Waals surface area contributed by atoms with Crippen LogP contribution in [-0.2, 0) is 23.1 Å². The number of hydrogen-bond donors (Lipinski definition) is 1. The molecule has 0 aliphatic carbocycles. The Balaban J connectivity index is 1.50. The van der Waals surface area contributed by atoms with Crippen LogP contribution >= 0.6 is 0 Å². The van der Waals surface area contributed by atoms with Crippen LogP contribution in [0.25, 0.3) is 0 Å². The second kappa shape index (κ2) is 17.2. The zero-order valence-corrected chi connectivity index (χ0v) is 30.7. The highest BCUT2D eigenvalue weighted by Crippen LogP contribution is 2.34. The van der Waals surface area contributed by atoms with Crippen molar-refractivity contribution < 1.29 is 54.5 Å². The second-order valence-electron chi connectivity index (χ2n) is 12.1. The molecule has 1 aliphatic heterocycles. The number of amides is 1. The van der Waals surface area contributed by atoms with E-state index in [-0.39, 0.29) is 56.1 Å². The normalized spacial score (nSPS) is 14.4. The van der Waals surface area contributed by atoms with Crippen LogP contribution < -0.4 is 33.9 Å². The first kappa shape index (κ1) is 39.8. The van der Waals surface area contributed by atoms with E-state index in [1.165, 1.54) is 45.6 Å². The van der Waals surface area contributed by atoms with Crippen LogP contribution in [0.2, 0.25) is 0 Å². The third kappa shape index (κ3) is 9.59. The fourth-order valence-corrected chi connectivity index (χ4v) is 7.18. The van der Waals surface area contributed by atoms with Gasteiger partial charge in [0, 0.05) is 80.2 Å². The Kier molecular flexibility index (Phi) is 12.7. The molecule has 54 heavy (non-hydrogen) atoms. The van der Waals surface area contributed by atoms with Gasteiger partial charge in [-0.3, -0.25) is 4.79 Å². The summed E-state index contributed by atoms with van der Waals surface area (Å²) in [5.41, 5.74) is 0.720. The number of nitrogens with one attached hydrogen (secondary N) is 1. The minimum atomic E-state index is -4.46. The van der Waals surface area contributed by atoms with Crippen molar-refractivity contribution in [2.24, 2.45) is 0 Å². The summed E-state index contributed by atoms with van der Waals surface area (Å²) < 4.78 is 111. The SMILES string of the molecule is COc1ccc(CN(Cc2ccc(OC)cc2OC)S(=O)(=O)c2cc(NC(=O)c3cc(OC(F)F)cnc3N3CCCC(F)(F)CC3)ccn2)c(OC)c1. The van der Waals surface area contributed by atoms with Crippen LogP contribution in [0, 0.1) is 0 Å². The molecule has 1 aliphatic rings. The van der Waals surface area contributed by atoms with Crippen molar-refractivity contribution in [1.82, 2.24) is 14.3 Å². The molecule has 1 amide bonds. The lowest BCUT2D eigenvalue weighted by Crippen LogP contribution is -2.31. The Hall–Kier alpha value is -5.36. The number of carbonyl (C=O) groups is 1. The standard InChI is InChI=1S/C36H39F4N5O8S/c1-49-26-8-6-23(30(18-26)51-3)21-45(22-24-7-9-27(50-2)19-31(24)52-4)54(47,48)32-16-25(10-13-41-32)43-34(46)29-17-28(53-35(37)38)20-42-33(29)44-14-5-11-36(39,40)12-15-44/h6-10,13,16-20,35H,5,11-12,14-15,21-22H2,1-4H3,(H,41,43,46). The highest BCUT2D eigenvalue weighted by Gasteiger charge is 2.34. The predicted molar refractivity (Wildman–Crippen MR) is 190 cm³/mol. The molecule has 4 aromatic rings. The monoisotopic (exact) mass is 777 g/mol. The molecule has 1 fully saturated rings. The van der Waals surface area contributed by atoms with E-state index in [1.54, 1.807) is 36.4 Å². The fourth-order valence-electron chi connectivity index (χ4n) is 5.83. The van der Waals surface area contributed by atoms with Gasteiger partial charge in [0.05, 0.1) is 40.2 Å². The highest BCUT2D eigenvalue weighted by molar-refractivity contribution is 7.89. The summed E-state index contributed by atoms with van der Waals surface area (Å²) in [6.45, 7) is -3.63. The zero-order chi connectivity index (χ0) is 39.0. The van der Waals surface area contributed by atoms with Crippen molar-refractivity contribution in [1.29, 1.82) is 0 Å². The number of hydrogen-bond acceptors (Lipinski definition) is 11. The van der Waals surface area contributed by atoms with E-state index in [2.05, 4.69) is 20.0 Å². The Labute approximate surface area is 309 Å². The molecule has 13 nitrogen and oxygen atoms in total. The van der Waals surface area contributed by atoms with E-state index in [9.17, 15) is 30.8 Å². The predicted octanol–water partition coefficient (Wildman–Crippen LogP) is 6.38. The molecular weight excluding hydrogens is 738 g/mol. The molecular formula is C36H39F4N5O8S. The minimum absolute atomic E-state index is 0.0221. The first-order valence-electron chi connectivity index (χ1n) is 16.5. The third-order valence-corrected chi connectivity index (χ3v) is 10.3. The first-order valence-corrected chi connectivity index (χ1v) is 18.0. The van der Waals surface area contributed by atoms with Crippen molar-refractivity contribution in [3.05, 3.63) is 83.7 Å². The van der Waals surface area contributed by atoms with Gasteiger partial charge >= 0.3 is 6.61 Å².